The van der Waals surface area contributed by atoms with Gasteiger partial charge in [0.05, 0.1) is 23.6 Å². The van der Waals surface area contributed by atoms with E-state index in [2.05, 4.69) is 10.3 Å². The lowest BCUT2D eigenvalue weighted by molar-refractivity contribution is 0.248. The van der Waals surface area contributed by atoms with E-state index < -0.39 is 5.82 Å². The van der Waals surface area contributed by atoms with Crippen molar-refractivity contribution in [3.05, 3.63) is 41.3 Å². The van der Waals surface area contributed by atoms with Gasteiger partial charge in [-0.3, -0.25) is 9.80 Å². The van der Waals surface area contributed by atoms with Crippen molar-refractivity contribution in [2.45, 2.75) is 33.4 Å². The van der Waals surface area contributed by atoms with Crippen molar-refractivity contribution in [1.82, 2.24) is 4.98 Å². The SMILES string of the molecule is CNc1cc2c(cn1)CN(c1cc(N)c(F)cc1C)C(=O)N2C(C)C. The van der Waals surface area contributed by atoms with Crippen LogP contribution in [0.15, 0.2) is 24.4 Å². The standard InChI is InChI=1S/C18H22FN5O/c1-10(2)24-16-7-17(21-4)22-8-12(16)9-23(18(24)25)15-6-14(20)13(19)5-11(15)3/h5-8,10H,9,20H2,1-4H3,(H,21,22). The number of aryl methyl sites for hydroxylation is 1. The number of nitrogens with zero attached hydrogens (tertiary/aromatic N) is 3. The van der Waals surface area contributed by atoms with Crippen LogP contribution < -0.4 is 20.9 Å². The summed E-state index contributed by atoms with van der Waals surface area (Å²) in [6, 6.07) is 4.54. The van der Waals surface area contributed by atoms with Crippen molar-refractivity contribution in [2.24, 2.45) is 0 Å². The van der Waals surface area contributed by atoms with Crippen LogP contribution in [0.5, 0.6) is 0 Å². The molecule has 25 heavy (non-hydrogen) atoms. The molecule has 0 saturated heterocycles. The Morgan fingerprint density at radius 2 is 2.00 bits per heavy atom. The molecular formula is C18H22FN5O. The Bertz CT molecular complexity index is 836. The van der Waals surface area contributed by atoms with Crippen molar-refractivity contribution >= 4 is 28.9 Å². The second kappa shape index (κ2) is 6.23. The van der Waals surface area contributed by atoms with E-state index >= 15 is 0 Å². The predicted octanol–water partition coefficient (Wildman–Crippen LogP) is 3.51. The molecule has 0 aliphatic carbocycles. The maximum atomic E-state index is 13.7. The molecule has 7 heteroatoms. The van der Waals surface area contributed by atoms with Gasteiger partial charge in [-0.15, -0.1) is 0 Å². The van der Waals surface area contributed by atoms with Crippen LogP contribution in [-0.2, 0) is 6.54 Å². The van der Waals surface area contributed by atoms with Gasteiger partial charge in [0.2, 0.25) is 0 Å². The first-order chi connectivity index (χ1) is 11.8. The zero-order chi connectivity index (χ0) is 18.3. The van der Waals surface area contributed by atoms with Gasteiger partial charge >= 0.3 is 6.03 Å². The number of rotatable bonds is 3. The first-order valence-corrected chi connectivity index (χ1v) is 8.16. The third-order valence-corrected chi connectivity index (χ3v) is 4.37. The number of nitrogen functional groups attached to an aromatic ring is 1. The number of carbonyl (C=O) groups excluding carboxylic acids is 1. The van der Waals surface area contributed by atoms with Gasteiger partial charge in [-0.05, 0) is 38.5 Å². The van der Waals surface area contributed by atoms with Crippen molar-refractivity contribution < 1.29 is 9.18 Å². The molecular weight excluding hydrogens is 321 g/mol. The highest BCUT2D eigenvalue weighted by molar-refractivity contribution is 6.07. The molecule has 1 aromatic carbocycles. The minimum Gasteiger partial charge on any atom is -0.396 e. The fourth-order valence-corrected chi connectivity index (χ4v) is 3.08. The number of halogens is 1. The Labute approximate surface area is 146 Å². The summed E-state index contributed by atoms with van der Waals surface area (Å²) in [5.74, 6) is 0.222. The number of aromatic nitrogens is 1. The highest BCUT2D eigenvalue weighted by Gasteiger charge is 2.34. The number of nitrogens with two attached hydrogens (primary N) is 1. The van der Waals surface area contributed by atoms with Crippen LogP contribution in [0.3, 0.4) is 0 Å². The summed E-state index contributed by atoms with van der Waals surface area (Å²) in [5, 5.41) is 3.00. The number of pyridine rings is 1. The number of anilines is 4. The predicted molar refractivity (Wildman–Crippen MR) is 98.5 cm³/mol. The Hall–Kier alpha value is -2.83. The summed E-state index contributed by atoms with van der Waals surface area (Å²) in [6.45, 7) is 6.04. The molecule has 2 amide bonds. The number of fused-ring (bicyclic) bond motifs is 1. The van der Waals surface area contributed by atoms with Crippen molar-refractivity contribution in [1.29, 1.82) is 0 Å². The highest BCUT2D eigenvalue weighted by atomic mass is 19.1. The van der Waals surface area contributed by atoms with Gasteiger partial charge < -0.3 is 11.1 Å². The van der Waals surface area contributed by atoms with Gasteiger partial charge in [0.25, 0.3) is 0 Å². The smallest absolute Gasteiger partial charge is 0.329 e. The zero-order valence-electron chi connectivity index (χ0n) is 14.8. The van der Waals surface area contributed by atoms with Gasteiger partial charge in [-0.2, -0.15) is 0 Å². The maximum absolute atomic E-state index is 13.7. The van der Waals surface area contributed by atoms with Crippen LogP contribution in [0.25, 0.3) is 0 Å². The van der Waals surface area contributed by atoms with Gasteiger partial charge in [0.15, 0.2) is 0 Å². The van der Waals surface area contributed by atoms with Crippen molar-refractivity contribution in [3.63, 3.8) is 0 Å². The summed E-state index contributed by atoms with van der Waals surface area (Å²) in [4.78, 5) is 20.8. The lowest BCUT2D eigenvalue weighted by atomic mass is 10.1. The zero-order valence-corrected chi connectivity index (χ0v) is 14.8. The molecule has 3 N–H and O–H groups in total. The monoisotopic (exact) mass is 343 g/mol. The number of nitrogens with one attached hydrogen (secondary N) is 1. The largest absolute Gasteiger partial charge is 0.396 e. The molecule has 1 aliphatic rings. The topological polar surface area (TPSA) is 74.5 Å². The molecule has 0 bridgehead atoms. The summed E-state index contributed by atoms with van der Waals surface area (Å²) >= 11 is 0. The number of hydrogen-bond donors (Lipinski definition) is 2. The maximum Gasteiger partial charge on any atom is 0.329 e. The second-order valence-electron chi connectivity index (χ2n) is 6.44. The molecule has 0 radical (unpaired) electrons. The number of amides is 2. The molecule has 0 atom stereocenters. The third-order valence-electron chi connectivity index (χ3n) is 4.37. The summed E-state index contributed by atoms with van der Waals surface area (Å²) < 4.78 is 13.7. The first-order valence-electron chi connectivity index (χ1n) is 8.16. The Balaban J connectivity index is 2.12. The molecule has 132 valence electrons. The molecule has 0 spiro atoms. The van der Waals surface area contributed by atoms with Crippen LogP contribution in [0.1, 0.15) is 25.0 Å². The number of benzene rings is 1. The van der Waals surface area contributed by atoms with E-state index in [1.54, 1.807) is 30.0 Å². The minimum absolute atomic E-state index is 0.0268. The molecule has 0 saturated carbocycles. The molecule has 6 nitrogen and oxygen atoms in total. The average molecular weight is 343 g/mol. The Morgan fingerprint density at radius 1 is 1.28 bits per heavy atom. The van der Waals surface area contributed by atoms with E-state index in [1.165, 1.54) is 12.1 Å². The van der Waals surface area contributed by atoms with Gasteiger partial charge in [-0.1, -0.05) is 0 Å². The summed E-state index contributed by atoms with van der Waals surface area (Å²) in [7, 11) is 1.79. The lowest BCUT2D eigenvalue weighted by Gasteiger charge is -2.39. The van der Waals surface area contributed by atoms with Gasteiger partial charge in [0.1, 0.15) is 11.6 Å². The van der Waals surface area contributed by atoms with Gasteiger partial charge in [-0.25, -0.2) is 14.2 Å². The van der Waals surface area contributed by atoms with Crippen LogP contribution in [0.2, 0.25) is 0 Å². The summed E-state index contributed by atoms with van der Waals surface area (Å²) in [6.07, 6.45) is 1.76. The fraction of sp³-hybridized carbons (Fsp3) is 0.333. The van der Waals surface area contributed by atoms with Crippen molar-refractivity contribution in [3.8, 4) is 0 Å². The minimum atomic E-state index is -0.479. The van der Waals surface area contributed by atoms with E-state index in [-0.39, 0.29) is 17.8 Å². The van der Waals surface area contributed by atoms with E-state index in [0.29, 0.717) is 23.6 Å². The number of carbonyl (C=O) groups is 1. The number of hydrogen-bond acceptors (Lipinski definition) is 4. The Kier molecular flexibility index (Phi) is 4.24. The Morgan fingerprint density at radius 3 is 2.64 bits per heavy atom. The molecule has 1 aliphatic heterocycles. The van der Waals surface area contributed by atoms with Crippen LogP contribution in [-0.4, -0.2) is 24.1 Å². The van der Waals surface area contributed by atoms with E-state index in [0.717, 1.165) is 11.3 Å². The first kappa shape index (κ1) is 17.0. The molecule has 2 heterocycles. The normalized spacial score (nSPS) is 14.1. The average Bonchev–Trinajstić information content (AvgIpc) is 2.57. The second-order valence-corrected chi connectivity index (χ2v) is 6.44. The van der Waals surface area contributed by atoms with E-state index in [9.17, 15) is 9.18 Å². The van der Waals surface area contributed by atoms with Crippen molar-refractivity contribution in [2.75, 3.05) is 27.9 Å². The highest BCUT2D eigenvalue weighted by Crippen LogP contribution is 2.36. The van der Waals surface area contributed by atoms with Gasteiger partial charge in [0, 0.05) is 30.9 Å². The number of urea groups is 1. The fourth-order valence-electron chi connectivity index (χ4n) is 3.08. The quantitative estimate of drug-likeness (QED) is 0.837. The van der Waals surface area contributed by atoms with Crippen LogP contribution in [0.4, 0.5) is 32.1 Å². The third kappa shape index (κ3) is 2.86. The molecule has 0 fully saturated rings. The lowest BCUT2D eigenvalue weighted by Crippen LogP contribution is -2.50. The van der Waals surface area contributed by atoms with E-state index in [1.807, 2.05) is 19.9 Å². The van der Waals surface area contributed by atoms with Crippen LogP contribution >= 0.6 is 0 Å². The summed E-state index contributed by atoms with van der Waals surface area (Å²) in [5.41, 5.74) is 8.78. The molecule has 2 aromatic rings. The molecule has 0 unspecified atom stereocenters. The molecule has 3 rings (SSSR count). The molecule has 1 aromatic heterocycles. The van der Waals surface area contributed by atoms with E-state index in [4.69, 9.17) is 5.73 Å². The van der Waals surface area contributed by atoms with Crippen LogP contribution in [0, 0.1) is 12.7 Å².